The molecule has 3 heterocycles. The summed E-state index contributed by atoms with van der Waals surface area (Å²) in [7, 11) is 0. The molecule has 0 bridgehead atoms. The van der Waals surface area contributed by atoms with E-state index in [1.807, 2.05) is 0 Å². The molecule has 0 amide bonds. The monoisotopic (exact) mass is 325 g/mol. The number of hydrogen-bond donors (Lipinski definition) is 0. The maximum absolute atomic E-state index is 4.91. The van der Waals surface area contributed by atoms with Gasteiger partial charge in [0.25, 0.3) is 0 Å². The van der Waals surface area contributed by atoms with Gasteiger partial charge in [-0.2, -0.15) is 0 Å². The van der Waals surface area contributed by atoms with Crippen molar-refractivity contribution in [1.82, 2.24) is 14.3 Å². The molecule has 0 radical (unpaired) electrons. The van der Waals surface area contributed by atoms with Gasteiger partial charge in [-0.05, 0) is 25.9 Å². The van der Waals surface area contributed by atoms with E-state index in [9.17, 15) is 0 Å². The van der Waals surface area contributed by atoms with Crippen LogP contribution in [0.2, 0.25) is 0 Å². The number of likely N-dealkylation sites (tertiary alicyclic amines) is 1. The number of thiazole rings is 1. The largest absolute Gasteiger partial charge is 0.297 e. The molecule has 3 aromatic rings. The maximum atomic E-state index is 4.91. The minimum atomic E-state index is 1.00. The second kappa shape index (κ2) is 6.85. The van der Waals surface area contributed by atoms with Gasteiger partial charge < -0.3 is 0 Å². The molecule has 1 saturated heterocycles. The van der Waals surface area contributed by atoms with Crippen molar-refractivity contribution in [2.45, 2.75) is 38.6 Å². The molecule has 1 aromatic carbocycles. The first-order chi connectivity index (χ1) is 11.4. The summed E-state index contributed by atoms with van der Waals surface area (Å²) in [6.45, 7) is 3.43. The Balaban J connectivity index is 1.68. The van der Waals surface area contributed by atoms with Crippen molar-refractivity contribution < 1.29 is 0 Å². The normalized spacial score (nSPS) is 17.2. The number of benzene rings is 1. The summed E-state index contributed by atoms with van der Waals surface area (Å²) in [6, 6.07) is 10.6. The van der Waals surface area contributed by atoms with Crippen molar-refractivity contribution in [2.24, 2.45) is 0 Å². The molecule has 4 rings (SSSR count). The summed E-state index contributed by atoms with van der Waals surface area (Å²) in [6.07, 6.45) is 8.98. The fourth-order valence-electron chi connectivity index (χ4n) is 3.49. The van der Waals surface area contributed by atoms with Crippen LogP contribution in [0.5, 0.6) is 0 Å². The third-order valence-electron chi connectivity index (χ3n) is 4.73. The van der Waals surface area contributed by atoms with Crippen molar-refractivity contribution in [1.29, 1.82) is 0 Å². The first-order valence-corrected chi connectivity index (χ1v) is 9.52. The van der Waals surface area contributed by atoms with Crippen LogP contribution in [0.1, 0.15) is 37.8 Å². The van der Waals surface area contributed by atoms with E-state index in [1.54, 1.807) is 11.3 Å². The number of fused-ring (bicyclic) bond motifs is 1. The Morgan fingerprint density at radius 3 is 2.48 bits per heavy atom. The van der Waals surface area contributed by atoms with Crippen molar-refractivity contribution in [2.75, 3.05) is 13.1 Å². The lowest BCUT2D eigenvalue weighted by molar-refractivity contribution is 0.237. The summed E-state index contributed by atoms with van der Waals surface area (Å²) >= 11 is 1.72. The number of nitrogens with zero attached hydrogens (tertiary/aromatic N) is 3. The second-order valence-corrected chi connectivity index (χ2v) is 7.25. The van der Waals surface area contributed by atoms with E-state index in [0.717, 1.165) is 17.2 Å². The zero-order chi connectivity index (χ0) is 15.5. The average molecular weight is 325 g/mol. The van der Waals surface area contributed by atoms with Crippen LogP contribution in [-0.2, 0) is 6.54 Å². The van der Waals surface area contributed by atoms with Gasteiger partial charge in [-0.25, -0.2) is 4.98 Å². The fraction of sp³-hybridized carbons (Fsp3) is 0.421. The molecule has 4 heteroatoms. The quantitative estimate of drug-likeness (QED) is 0.687. The van der Waals surface area contributed by atoms with Crippen LogP contribution < -0.4 is 0 Å². The highest BCUT2D eigenvalue weighted by atomic mass is 32.1. The fourth-order valence-corrected chi connectivity index (χ4v) is 4.23. The lowest BCUT2D eigenvalue weighted by Crippen LogP contribution is -2.27. The molecule has 120 valence electrons. The van der Waals surface area contributed by atoms with Gasteiger partial charge in [0.05, 0.1) is 11.4 Å². The van der Waals surface area contributed by atoms with Gasteiger partial charge in [0.1, 0.15) is 0 Å². The van der Waals surface area contributed by atoms with E-state index < -0.39 is 0 Å². The molecule has 0 saturated carbocycles. The van der Waals surface area contributed by atoms with Crippen LogP contribution in [0.3, 0.4) is 0 Å². The predicted octanol–water partition coefficient (Wildman–Crippen LogP) is 4.83. The Morgan fingerprint density at radius 1 is 0.957 bits per heavy atom. The Hall–Kier alpha value is -1.65. The van der Waals surface area contributed by atoms with Crippen LogP contribution in [0.4, 0.5) is 0 Å². The Labute approximate surface area is 141 Å². The molecule has 1 aliphatic heterocycles. The molecule has 2 aromatic heterocycles. The molecule has 0 spiro atoms. The van der Waals surface area contributed by atoms with Crippen LogP contribution >= 0.6 is 11.3 Å². The molecule has 0 aliphatic carbocycles. The van der Waals surface area contributed by atoms with Gasteiger partial charge in [-0.1, -0.05) is 49.6 Å². The molecule has 3 nitrogen and oxygen atoms in total. The number of rotatable bonds is 3. The number of hydrogen-bond acceptors (Lipinski definition) is 3. The Kier molecular flexibility index (Phi) is 4.44. The van der Waals surface area contributed by atoms with Crippen LogP contribution in [0.15, 0.2) is 41.9 Å². The molecule has 23 heavy (non-hydrogen) atoms. The molecule has 0 atom stereocenters. The van der Waals surface area contributed by atoms with Gasteiger partial charge in [0.15, 0.2) is 4.96 Å². The van der Waals surface area contributed by atoms with Crippen LogP contribution in [-0.4, -0.2) is 27.4 Å². The Morgan fingerprint density at radius 2 is 1.70 bits per heavy atom. The van der Waals surface area contributed by atoms with Gasteiger partial charge in [0.2, 0.25) is 0 Å². The Bertz CT molecular complexity index is 751. The summed E-state index contributed by atoms with van der Waals surface area (Å²) in [5.74, 6) is 0. The van der Waals surface area contributed by atoms with E-state index in [4.69, 9.17) is 4.98 Å². The molecule has 0 unspecified atom stereocenters. The first kappa shape index (κ1) is 14.9. The van der Waals surface area contributed by atoms with Gasteiger partial charge in [-0.15, -0.1) is 11.3 Å². The average Bonchev–Trinajstić information content (AvgIpc) is 3.13. The van der Waals surface area contributed by atoms with E-state index in [2.05, 4.69) is 51.2 Å². The van der Waals surface area contributed by atoms with E-state index >= 15 is 0 Å². The molecular formula is C19H23N3S. The molecular weight excluding hydrogens is 302 g/mol. The molecule has 0 N–H and O–H groups in total. The first-order valence-electron chi connectivity index (χ1n) is 8.64. The summed E-state index contributed by atoms with van der Waals surface area (Å²) < 4.78 is 2.28. The van der Waals surface area contributed by atoms with E-state index in [1.165, 1.54) is 56.5 Å². The topological polar surface area (TPSA) is 20.5 Å². The van der Waals surface area contributed by atoms with E-state index in [0.29, 0.717) is 0 Å². The summed E-state index contributed by atoms with van der Waals surface area (Å²) in [5.41, 5.74) is 3.72. The maximum Gasteiger partial charge on any atom is 0.194 e. The van der Waals surface area contributed by atoms with Gasteiger partial charge >= 0.3 is 0 Å². The lowest BCUT2D eigenvalue weighted by atomic mass is 10.1. The zero-order valence-electron chi connectivity index (χ0n) is 13.4. The minimum Gasteiger partial charge on any atom is -0.297 e. The van der Waals surface area contributed by atoms with Crippen molar-refractivity contribution in [3.05, 3.63) is 47.6 Å². The predicted molar refractivity (Wildman–Crippen MR) is 96.9 cm³/mol. The minimum absolute atomic E-state index is 1.00. The molecule has 1 aliphatic rings. The highest BCUT2D eigenvalue weighted by molar-refractivity contribution is 7.15. The van der Waals surface area contributed by atoms with Crippen molar-refractivity contribution >= 4 is 16.3 Å². The third kappa shape index (κ3) is 3.19. The van der Waals surface area contributed by atoms with Gasteiger partial charge in [0, 0.05) is 23.7 Å². The highest BCUT2D eigenvalue weighted by Crippen LogP contribution is 2.28. The zero-order valence-corrected chi connectivity index (χ0v) is 14.3. The van der Waals surface area contributed by atoms with Crippen molar-refractivity contribution in [3.8, 4) is 11.3 Å². The molecule has 1 fully saturated rings. The second-order valence-electron chi connectivity index (χ2n) is 6.37. The number of aromatic nitrogens is 2. The lowest BCUT2D eigenvalue weighted by Gasteiger charge is -2.24. The summed E-state index contributed by atoms with van der Waals surface area (Å²) in [4.78, 5) is 8.63. The van der Waals surface area contributed by atoms with Crippen molar-refractivity contribution in [3.63, 3.8) is 0 Å². The van der Waals surface area contributed by atoms with Crippen LogP contribution in [0.25, 0.3) is 16.2 Å². The van der Waals surface area contributed by atoms with Gasteiger partial charge in [-0.3, -0.25) is 9.30 Å². The highest BCUT2D eigenvalue weighted by Gasteiger charge is 2.18. The number of imidazole rings is 1. The standard InChI is InChI=1S/C19H23N3S/c1-2-7-11-21(12-8-3-1)15-17-18(16-9-5-4-6-10-16)20-19-22(17)13-14-23-19/h4-6,9-10,13-14H,1-3,7-8,11-12,15H2. The third-order valence-corrected chi connectivity index (χ3v) is 5.49. The SMILES string of the molecule is c1ccc(-c2nc3sccn3c2CN2CCCCCCC2)cc1. The smallest absolute Gasteiger partial charge is 0.194 e. The summed E-state index contributed by atoms with van der Waals surface area (Å²) in [5, 5.41) is 2.13. The van der Waals surface area contributed by atoms with Crippen LogP contribution in [0, 0.1) is 0 Å². The van der Waals surface area contributed by atoms with E-state index in [-0.39, 0.29) is 0 Å².